The van der Waals surface area contributed by atoms with Crippen molar-refractivity contribution in [2.24, 2.45) is 0 Å². The first-order valence-electron chi connectivity index (χ1n) is 7.73. The molecule has 1 unspecified atom stereocenters. The molecule has 0 radical (unpaired) electrons. The molecule has 2 aromatic rings. The first-order valence-corrected chi connectivity index (χ1v) is 9.30. The number of carbonyl (C=O) groups excluding carboxylic acids is 1. The van der Waals surface area contributed by atoms with Gasteiger partial charge in [0.15, 0.2) is 5.13 Å². The number of rotatable bonds is 4. The lowest BCUT2D eigenvalue weighted by molar-refractivity contribution is -0.122. The molecular formula is C16H19Cl3N4OS. The van der Waals surface area contributed by atoms with Gasteiger partial charge in [0, 0.05) is 23.3 Å². The molecule has 0 bridgehead atoms. The maximum atomic E-state index is 12.7. The van der Waals surface area contributed by atoms with E-state index in [-0.39, 0.29) is 24.4 Å². The van der Waals surface area contributed by atoms with E-state index in [0.717, 1.165) is 30.7 Å². The predicted molar refractivity (Wildman–Crippen MR) is 107 cm³/mol. The van der Waals surface area contributed by atoms with E-state index in [1.807, 2.05) is 0 Å². The summed E-state index contributed by atoms with van der Waals surface area (Å²) in [5, 5.41) is 4.39. The van der Waals surface area contributed by atoms with Gasteiger partial charge in [-0.15, -0.1) is 23.7 Å². The molecule has 1 saturated heterocycles. The molecule has 3 rings (SSSR count). The van der Waals surface area contributed by atoms with Crippen LogP contribution in [-0.2, 0) is 11.3 Å². The highest BCUT2D eigenvalue weighted by Gasteiger charge is 2.29. The van der Waals surface area contributed by atoms with Crippen LogP contribution in [0.25, 0.3) is 0 Å². The third-order valence-electron chi connectivity index (χ3n) is 4.03. The van der Waals surface area contributed by atoms with Crippen molar-refractivity contribution >= 4 is 63.7 Å². The molecule has 25 heavy (non-hydrogen) atoms. The number of aromatic nitrogens is 1. The summed E-state index contributed by atoms with van der Waals surface area (Å²) < 4.78 is 0. The van der Waals surface area contributed by atoms with Gasteiger partial charge in [0.25, 0.3) is 0 Å². The maximum absolute atomic E-state index is 12.7. The van der Waals surface area contributed by atoms with E-state index in [4.69, 9.17) is 28.9 Å². The molecule has 1 amide bonds. The number of anilines is 2. The monoisotopic (exact) mass is 420 g/mol. The second kappa shape index (κ2) is 9.05. The lowest BCUT2D eigenvalue weighted by Gasteiger charge is -2.34. The van der Waals surface area contributed by atoms with Crippen LogP contribution in [0, 0.1) is 0 Å². The zero-order valence-electron chi connectivity index (χ0n) is 13.4. The summed E-state index contributed by atoms with van der Waals surface area (Å²) in [7, 11) is 0. The van der Waals surface area contributed by atoms with Crippen molar-refractivity contribution < 1.29 is 4.79 Å². The minimum Gasteiger partial charge on any atom is -0.375 e. The second-order valence-corrected chi connectivity index (χ2v) is 7.73. The Kier molecular flexibility index (Phi) is 7.34. The number of likely N-dealkylation sites (tertiary alicyclic amines) is 1. The van der Waals surface area contributed by atoms with Gasteiger partial charge in [0.1, 0.15) is 0 Å². The minimum atomic E-state index is -0.170. The predicted octanol–water partition coefficient (Wildman–Crippen LogP) is 4.45. The van der Waals surface area contributed by atoms with Gasteiger partial charge in [-0.05, 0) is 37.6 Å². The number of hydrogen-bond donors (Lipinski definition) is 2. The number of nitrogens with two attached hydrogens (primary N) is 1. The molecule has 0 spiro atoms. The highest BCUT2D eigenvalue weighted by molar-refractivity contribution is 7.15. The Morgan fingerprint density at radius 1 is 1.36 bits per heavy atom. The smallest absolute Gasteiger partial charge is 0.241 e. The van der Waals surface area contributed by atoms with E-state index in [1.54, 1.807) is 24.4 Å². The summed E-state index contributed by atoms with van der Waals surface area (Å²) in [5.74, 6) is -0.0226. The van der Waals surface area contributed by atoms with Crippen LogP contribution in [0.5, 0.6) is 0 Å². The lowest BCUT2D eigenvalue weighted by Crippen LogP contribution is -2.46. The second-order valence-electron chi connectivity index (χ2n) is 5.77. The molecule has 1 aromatic carbocycles. The van der Waals surface area contributed by atoms with Gasteiger partial charge in [-0.2, -0.15) is 0 Å². The molecule has 1 aromatic heterocycles. The molecule has 0 saturated carbocycles. The average Bonchev–Trinajstić information content (AvgIpc) is 2.96. The van der Waals surface area contributed by atoms with E-state index in [2.05, 4.69) is 15.2 Å². The molecule has 1 aliphatic heterocycles. The van der Waals surface area contributed by atoms with Gasteiger partial charge in [-0.25, -0.2) is 4.98 Å². The van der Waals surface area contributed by atoms with Crippen molar-refractivity contribution in [3.8, 4) is 0 Å². The first-order chi connectivity index (χ1) is 11.5. The van der Waals surface area contributed by atoms with Crippen molar-refractivity contribution in [1.29, 1.82) is 0 Å². The summed E-state index contributed by atoms with van der Waals surface area (Å²) in [6.07, 6.45) is 4.75. The van der Waals surface area contributed by atoms with Gasteiger partial charge in [-0.1, -0.05) is 29.6 Å². The topological polar surface area (TPSA) is 71.2 Å². The fraction of sp³-hybridized carbons (Fsp3) is 0.375. The Morgan fingerprint density at radius 3 is 2.84 bits per heavy atom. The summed E-state index contributed by atoms with van der Waals surface area (Å²) in [5.41, 5.74) is 6.35. The Labute approximate surface area is 166 Å². The van der Waals surface area contributed by atoms with Crippen LogP contribution in [0.1, 0.15) is 24.1 Å². The van der Waals surface area contributed by atoms with Crippen molar-refractivity contribution in [3.05, 3.63) is 39.3 Å². The van der Waals surface area contributed by atoms with Crippen molar-refractivity contribution in [2.45, 2.75) is 31.8 Å². The molecule has 2 heterocycles. The molecule has 1 fully saturated rings. The van der Waals surface area contributed by atoms with E-state index in [1.165, 1.54) is 11.3 Å². The van der Waals surface area contributed by atoms with E-state index in [9.17, 15) is 4.79 Å². The Morgan fingerprint density at radius 2 is 2.16 bits per heavy atom. The number of piperidine rings is 1. The molecule has 0 aliphatic carbocycles. The molecule has 9 heteroatoms. The molecule has 1 atom stereocenters. The normalized spacial score (nSPS) is 17.8. The maximum Gasteiger partial charge on any atom is 0.241 e. The van der Waals surface area contributed by atoms with Gasteiger partial charge < -0.3 is 11.1 Å². The zero-order chi connectivity index (χ0) is 17.1. The van der Waals surface area contributed by atoms with E-state index in [0.29, 0.717) is 27.4 Å². The Bertz CT molecular complexity index is 740. The van der Waals surface area contributed by atoms with Gasteiger partial charge in [-0.3, -0.25) is 9.69 Å². The quantitative estimate of drug-likeness (QED) is 0.765. The Hall–Kier alpha value is -1.05. The SMILES string of the molecule is Cl.Nc1ncc(CN2CCCCC2C(=O)Nc2ccc(Cl)c(Cl)c2)s1. The van der Waals surface area contributed by atoms with Crippen LogP contribution >= 0.6 is 46.9 Å². The third kappa shape index (κ3) is 5.21. The number of nitrogens with zero attached hydrogens (tertiary/aromatic N) is 2. The number of thiazole rings is 1. The Balaban J connectivity index is 0.00000225. The van der Waals surface area contributed by atoms with E-state index >= 15 is 0 Å². The standard InChI is InChI=1S/C16H18Cl2N4OS.ClH/c17-12-5-4-10(7-13(12)18)21-15(23)14-3-1-2-6-22(14)9-11-8-20-16(19)24-11;/h4-5,7-8,14H,1-3,6,9H2,(H2,19,20)(H,21,23);1H. The minimum absolute atomic E-state index is 0. The fourth-order valence-corrected chi connectivity index (χ4v) is 3.88. The summed E-state index contributed by atoms with van der Waals surface area (Å²) in [6.45, 7) is 1.57. The fourth-order valence-electron chi connectivity index (χ4n) is 2.87. The summed E-state index contributed by atoms with van der Waals surface area (Å²) >= 11 is 13.4. The molecule has 3 N–H and O–H groups in total. The number of nitrogen functional groups attached to an aromatic ring is 1. The summed E-state index contributed by atoms with van der Waals surface area (Å²) in [4.78, 5) is 20.0. The largest absolute Gasteiger partial charge is 0.375 e. The zero-order valence-corrected chi connectivity index (χ0v) is 16.5. The number of hydrogen-bond acceptors (Lipinski definition) is 5. The van der Waals surface area contributed by atoms with Crippen LogP contribution in [0.2, 0.25) is 10.0 Å². The highest BCUT2D eigenvalue weighted by atomic mass is 35.5. The van der Waals surface area contributed by atoms with Gasteiger partial charge in [0.2, 0.25) is 5.91 Å². The van der Waals surface area contributed by atoms with E-state index < -0.39 is 0 Å². The van der Waals surface area contributed by atoms with Crippen LogP contribution in [-0.4, -0.2) is 28.4 Å². The number of nitrogens with one attached hydrogen (secondary N) is 1. The third-order valence-corrected chi connectivity index (χ3v) is 5.58. The molecule has 5 nitrogen and oxygen atoms in total. The summed E-state index contributed by atoms with van der Waals surface area (Å²) in [6, 6.07) is 4.93. The lowest BCUT2D eigenvalue weighted by atomic mass is 10.0. The van der Waals surface area contributed by atoms with Crippen LogP contribution in [0.4, 0.5) is 10.8 Å². The van der Waals surface area contributed by atoms with Crippen molar-refractivity contribution in [1.82, 2.24) is 9.88 Å². The van der Waals surface area contributed by atoms with Crippen molar-refractivity contribution in [2.75, 3.05) is 17.6 Å². The van der Waals surface area contributed by atoms with Gasteiger partial charge >= 0.3 is 0 Å². The van der Waals surface area contributed by atoms with Crippen LogP contribution in [0.3, 0.4) is 0 Å². The average molecular weight is 422 g/mol. The molecule has 136 valence electrons. The molecule has 1 aliphatic rings. The number of benzene rings is 1. The van der Waals surface area contributed by atoms with Crippen LogP contribution < -0.4 is 11.1 Å². The number of carbonyl (C=O) groups is 1. The number of halogens is 3. The number of amides is 1. The van der Waals surface area contributed by atoms with Gasteiger partial charge in [0.05, 0.1) is 16.1 Å². The van der Waals surface area contributed by atoms with Crippen molar-refractivity contribution in [3.63, 3.8) is 0 Å². The first kappa shape index (κ1) is 20.3. The van der Waals surface area contributed by atoms with Crippen LogP contribution in [0.15, 0.2) is 24.4 Å². The highest BCUT2D eigenvalue weighted by Crippen LogP contribution is 2.27. The molecular weight excluding hydrogens is 403 g/mol.